The molecule has 2 unspecified atom stereocenters. The molecule has 2 saturated heterocycles. The summed E-state index contributed by atoms with van der Waals surface area (Å²) in [6.07, 6.45) is 3.55. The van der Waals surface area contributed by atoms with Crippen molar-refractivity contribution >= 4 is 5.69 Å². The minimum Gasteiger partial charge on any atom is -0.497 e. The third-order valence-electron chi connectivity index (χ3n) is 4.73. The van der Waals surface area contributed by atoms with Crippen LogP contribution in [0.1, 0.15) is 26.2 Å². The third-order valence-corrected chi connectivity index (χ3v) is 4.73. The summed E-state index contributed by atoms with van der Waals surface area (Å²) in [6.45, 7) is 5.38. The van der Waals surface area contributed by atoms with Gasteiger partial charge in [-0.2, -0.15) is 0 Å². The summed E-state index contributed by atoms with van der Waals surface area (Å²) in [5.74, 6) is 0.584. The average Bonchev–Trinajstić information content (AvgIpc) is 2.93. The fourth-order valence-corrected chi connectivity index (χ4v) is 3.57. The zero-order valence-electron chi connectivity index (χ0n) is 12.3. The van der Waals surface area contributed by atoms with Gasteiger partial charge in [-0.15, -0.1) is 0 Å². The second kappa shape index (κ2) is 5.60. The maximum atomic E-state index is 14.2. The van der Waals surface area contributed by atoms with Crippen LogP contribution in [0.5, 0.6) is 5.75 Å². The largest absolute Gasteiger partial charge is 0.497 e. The Kier molecular flexibility index (Phi) is 3.83. The summed E-state index contributed by atoms with van der Waals surface area (Å²) in [5.41, 5.74) is 0.697. The van der Waals surface area contributed by atoms with Crippen LogP contribution in [-0.2, 0) is 0 Å². The average molecular weight is 278 g/mol. The lowest BCUT2D eigenvalue weighted by molar-refractivity contribution is 0.194. The number of ether oxygens (including phenoxy) is 1. The van der Waals surface area contributed by atoms with Crippen molar-refractivity contribution in [2.75, 3.05) is 31.6 Å². The monoisotopic (exact) mass is 278 g/mol. The van der Waals surface area contributed by atoms with Crippen LogP contribution in [0.2, 0.25) is 0 Å². The fourth-order valence-electron chi connectivity index (χ4n) is 3.57. The Bertz CT molecular complexity index is 480. The Morgan fingerprint density at radius 3 is 2.95 bits per heavy atom. The van der Waals surface area contributed by atoms with Gasteiger partial charge in [0, 0.05) is 31.2 Å². The first-order chi connectivity index (χ1) is 9.72. The first-order valence-electron chi connectivity index (χ1n) is 7.57. The maximum absolute atomic E-state index is 14.2. The molecule has 0 aliphatic carbocycles. The van der Waals surface area contributed by atoms with Crippen LogP contribution in [0.25, 0.3) is 0 Å². The standard InChI is InChI=1S/C16H23FN2O/c1-3-12-10-18-8-4-5-13(18)11-19(12)16-9-14(20-2)6-7-15(16)17/h6-7,9,12-13H,3-5,8,10-11H2,1-2H3. The molecule has 1 aromatic rings. The lowest BCUT2D eigenvalue weighted by atomic mass is 10.0. The molecular weight excluding hydrogens is 255 g/mol. The summed E-state index contributed by atoms with van der Waals surface area (Å²) in [6, 6.07) is 6.02. The fraction of sp³-hybridized carbons (Fsp3) is 0.625. The van der Waals surface area contributed by atoms with Crippen molar-refractivity contribution in [1.82, 2.24) is 4.90 Å². The van der Waals surface area contributed by atoms with Crippen LogP contribution in [0.3, 0.4) is 0 Å². The predicted octanol–water partition coefficient (Wildman–Crippen LogP) is 2.90. The third kappa shape index (κ3) is 2.37. The molecule has 2 atom stereocenters. The van der Waals surface area contributed by atoms with Gasteiger partial charge in [0.1, 0.15) is 11.6 Å². The van der Waals surface area contributed by atoms with Crippen LogP contribution < -0.4 is 9.64 Å². The van der Waals surface area contributed by atoms with E-state index in [1.54, 1.807) is 13.2 Å². The summed E-state index contributed by atoms with van der Waals surface area (Å²) < 4.78 is 19.5. The second-order valence-corrected chi connectivity index (χ2v) is 5.82. The highest BCUT2D eigenvalue weighted by Crippen LogP contribution is 2.33. The van der Waals surface area contributed by atoms with Crippen LogP contribution >= 0.6 is 0 Å². The molecule has 2 aliphatic rings. The molecule has 2 fully saturated rings. The lowest BCUT2D eigenvalue weighted by Gasteiger charge is -2.45. The molecule has 2 heterocycles. The molecule has 110 valence electrons. The van der Waals surface area contributed by atoms with E-state index in [0.717, 1.165) is 25.3 Å². The number of benzene rings is 1. The van der Waals surface area contributed by atoms with Crippen molar-refractivity contribution in [1.29, 1.82) is 0 Å². The smallest absolute Gasteiger partial charge is 0.146 e. The van der Waals surface area contributed by atoms with Gasteiger partial charge in [-0.05, 0) is 37.9 Å². The zero-order chi connectivity index (χ0) is 14.1. The van der Waals surface area contributed by atoms with E-state index in [4.69, 9.17) is 4.74 Å². The van der Waals surface area contributed by atoms with Crippen LogP contribution in [0, 0.1) is 5.82 Å². The number of nitrogens with zero attached hydrogens (tertiary/aromatic N) is 2. The Hall–Kier alpha value is -1.29. The van der Waals surface area contributed by atoms with Gasteiger partial charge >= 0.3 is 0 Å². The molecule has 0 radical (unpaired) electrons. The molecule has 0 bridgehead atoms. The van der Waals surface area contributed by atoms with Crippen molar-refractivity contribution < 1.29 is 9.13 Å². The van der Waals surface area contributed by atoms with Gasteiger partial charge < -0.3 is 9.64 Å². The minimum absolute atomic E-state index is 0.143. The summed E-state index contributed by atoms with van der Waals surface area (Å²) in [5, 5.41) is 0. The maximum Gasteiger partial charge on any atom is 0.146 e. The SMILES string of the molecule is CCC1CN2CCCC2CN1c1cc(OC)ccc1F. The number of rotatable bonds is 3. The van der Waals surface area contributed by atoms with E-state index in [1.165, 1.54) is 25.5 Å². The van der Waals surface area contributed by atoms with E-state index in [2.05, 4.69) is 16.7 Å². The van der Waals surface area contributed by atoms with E-state index in [-0.39, 0.29) is 5.82 Å². The molecule has 0 N–H and O–H groups in total. The summed E-state index contributed by atoms with van der Waals surface area (Å²) >= 11 is 0. The Balaban J connectivity index is 1.90. The van der Waals surface area contributed by atoms with Crippen LogP contribution in [0.15, 0.2) is 18.2 Å². The number of piperazine rings is 1. The quantitative estimate of drug-likeness (QED) is 0.845. The van der Waals surface area contributed by atoms with Crippen molar-refractivity contribution in [3.63, 3.8) is 0 Å². The van der Waals surface area contributed by atoms with E-state index < -0.39 is 0 Å². The minimum atomic E-state index is -0.143. The predicted molar refractivity (Wildman–Crippen MR) is 79.0 cm³/mol. The molecule has 2 aliphatic heterocycles. The number of anilines is 1. The van der Waals surface area contributed by atoms with Crippen molar-refractivity contribution in [2.24, 2.45) is 0 Å². The van der Waals surface area contributed by atoms with E-state index >= 15 is 0 Å². The van der Waals surface area contributed by atoms with Gasteiger partial charge in [0.15, 0.2) is 0 Å². The molecule has 4 heteroatoms. The van der Waals surface area contributed by atoms with E-state index in [1.807, 2.05) is 6.07 Å². The molecule has 0 saturated carbocycles. The number of halogens is 1. The highest BCUT2D eigenvalue weighted by Gasteiger charge is 2.36. The van der Waals surface area contributed by atoms with Gasteiger partial charge in [-0.25, -0.2) is 4.39 Å². The number of methoxy groups -OCH3 is 1. The van der Waals surface area contributed by atoms with E-state index in [9.17, 15) is 4.39 Å². The first-order valence-corrected chi connectivity index (χ1v) is 7.57. The molecule has 3 nitrogen and oxygen atoms in total. The summed E-state index contributed by atoms with van der Waals surface area (Å²) in [7, 11) is 1.63. The van der Waals surface area contributed by atoms with Crippen molar-refractivity contribution in [2.45, 2.75) is 38.3 Å². The van der Waals surface area contributed by atoms with Gasteiger partial charge in [-0.3, -0.25) is 4.90 Å². The number of hydrogen-bond donors (Lipinski definition) is 0. The molecular formula is C16H23FN2O. The molecule has 0 amide bonds. The van der Waals surface area contributed by atoms with Gasteiger partial charge in [-0.1, -0.05) is 6.92 Å². The van der Waals surface area contributed by atoms with E-state index in [0.29, 0.717) is 17.8 Å². The second-order valence-electron chi connectivity index (χ2n) is 5.82. The number of hydrogen-bond acceptors (Lipinski definition) is 3. The molecule has 20 heavy (non-hydrogen) atoms. The Morgan fingerprint density at radius 1 is 1.35 bits per heavy atom. The van der Waals surface area contributed by atoms with Gasteiger partial charge in [0.2, 0.25) is 0 Å². The first kappa shape index (κ1) is 13.7. The Labute approximate surface area is 120 Å². The molecule has 0 aromatic heterocycles. The van der Waals surface area contributed by atoms with Gasteiger partial charge in [0.25, 0.3) is 0 Å². The molecule has 1 aromatic carbocycles. The summed E-state index contributed by atoms with van der Waals surface area (Å²) in [4.78, 5) is 4.83. The lowest BCUT2D eigenvalue weighted by Crippen LogP contribution is -2.56. The van der Waals surface area contributed by atoms with Crippen molar-refractivity contribution in [3.8, 4) is 5.75 Å². The highest BCUT2D eigenvalue weighted by molar-refractivity contribution is 5.53. The topological polar surface area (TPSA) is 15.7 Å². The normalized spacial score (nSPS) is 26.6. The van der Waals surface area contributed by atoms with Crippen molar-refractivity contribution in [3.05, 3.63) is 24.0 Å². The number of fused-ring (bicyclic) bond motifs is 1. The molecule has 0 spiro atoms. The molecule has 3 rings (SSSR count). The highest BCUT2D eigenvalue weighted by atomic mass is 19.1. The van der Waals surface area contributed by atoms with Crippen LogP contribution in [-0.4, -0.2) is 43.7 Å². The zero-order valence-corrected chi connectivity index (χ0v) is 12.3. The Morgan fingerprint density at radius 2 is 2.20 bits per heavy atom. The van der Waals surface area contributed by atoms with Gasteiger partial charge in [0.05, 0.1) is 12.8 Å². The van der Waals surface area contributed by atoms with Crippen LogP contribution in [0.4, 0.5) is 10.1 Å².